The number of para-hydroxylation sites is 1. The lowest BCUT2D eigenvalue weighted by atomic mass is 10.2. The van der Waals surface area contributed by atoms with Gasteiger partial charge in [-0.2, -0.15) is 0 Å². The number of benzene rings is 1. The smallest absolute Gasteiger partial charge is 0.236 e. The van der Waals surface area contributed by atoms with E-state index in [1.165, 1.54) is 0 Å². The highest BCUT2D eigenvalue weighted by atomic mass is 35.7. The molecule has 0 atom stereocenters. The third-order valence-corrected chi connectivity index (χ3v) is 2.37. The van der Waals surface area contributed by atoms with E-state index in [-0.39, 0.29) is 5.75 Å². The molecule has 0 aliphatic rings. The molecule has 12 heavy (non-hydrogen) atoms. The Morgan fingerprint density at radius 1 is 1.33 bits per heavy atom. The van der Waals surface area contributed by atoms with Gasteiger partial charge in [0.25, 0.3) is 0 Å². The molecule has 0 saturated heterocycles. The largest absolute Gasteiger partial charge is 0.398 e. The summed E-state index contributed by atoms with van der Waals surface area (Å²) in [7, 11) is 1.55. The summed E-state index contributed by atoms with van der Waals surface area (Å²) in [5, 5.41) is 0. The number of nitrogens with two attached hydrogens (primary N) is 1. The predicted molar refractivity (Wildman–Crippen MR) is 49.3 cm³/mol. The number of hydrogen-bond donors (Lipinski definition) is 1. The number of hydrogen-bond acceptors (Lipinski definition) is 3. The van der Waals surface area contributed by atoms with E-state index in [0.29, 0.717) is 11.3 Å². The van der Waals surface area contributed by atoms with E-state index in [0.717, 1.165) is 0 Å². The van der Waals surface area contributed by atoms with Crippen LogP contribution >= 0.6 is 10.7 Å². The van der Waals surface area contributed by atoms with Crippen LogP contribution in [0.3, 0.4) is 0 Å². The van der Waals surface area contributed by atoms with Gasteiger partial charge in [0.2, 0.25) is 9.05 Å². The van der Waals surface area contributed by atoms with Gasteiger partial charge in [-0.3, -0.25) is 0 Å². The maximum absolute atomic E-state index is 10.7. The van der Waals surface area contributed by atoms with Crippen molar-refractivity contribution < 1.29 is 8.42 Å². The lowest BCUT2D eigenvalue weighted by Crippen LogP contribution is -1.99. The first-order valence-electron chi connectivity index (χ1n) is 3.25. The second-order valence-electron chi connectivity index (χ2n) is 2.38. The molecule has 0 aliphatic carbocycles. The van der Waals surface area contributed by atoms with Crippen LogP contribution in [0.1, 0.15) is 5.56 Å². The molecule has 1 rings (SSSR count). The van der Waals surface area contributed by atoms with Gasteiger partial charge in [-0.1, -0.05) is 18.2 Å². The zero-order chi connectivity index (χ0) is 9.19. The van der Waals surface area contributed by atoms with Gasteiger partial charge in [-0.15, -0.1) is 0 Å². The maximum atomic E-state index is 10.7. The van der Waals surface area contributed by atoms with Crippen molar-refractivity contribution in [3.63, 3.8) is 0 Å². The SMILES string of the molecule is Nc1ccccc1CS(=O)(=O)Cl. The Kier molecular flexibility index (Phi) is 2.59. The summed E-state index contributed by atoms with van der Waals surface area (Å²) in [5.74, 6) is -0.221. The topological polar surface area (TPSA) is 60.2 Å². The van der Waals surface area contributed by atoms with Crippen molar-refractivity contribution in [2.75, 3.05) is 5.73 Å². The molecule has 0 bridgehead atoms. The van der Waals surface area contributed by atoms with Gasteiger partial charge in [-0.25, -0.2) is 8.42 Å². The first-order valence-corrected chi connectivity index (χ1v) is 5.72. The van der Waals surface area contributed by atoms with Crippen LogP contribution in [0.15, 0.2) is 24.3 Å². The Morgan fingerprint density at radius 2 is 1.92 bits per heavy atom. The Balaban J connectivity index is 2.98. The summed E-state index contributed by atoms with van der Waals surface area (Å²) in [5.41, 5.74) is 6.49. The quantitative estimate of drug-likeness (QED) is 0.586. The molecule has 0 aromatic heterocycles. The third-order valence-electron chi connectivity index (χ3n) is 1.38. The normalized spacial score (nSPS) is 11.4. The third kappa shape index (κ3) is 2.71. The molecule has 5 heteroatoms. The van der Waals surface area contributed by atoms with E-state index in [4.69, 9.17) is 16.4 Å². The molecule has 0 aliphatic heterocycles. The van der Waals surface area contributed by atoms with E-state index >= 15 is 0 Å². The van der Waals surface area contributed by atoms with Gasteiger partial charge in [0.05, 0.1) is 5.75 Å². The zero-order valence-electron chi connectivity index (χ0n) is 6.20. The van der Waals surface area contributed by atoms with Crippen LogP contribution < -0.4 is 5.73 Å². The fourth-order valence-corrected chi connectivity index (χ4v) is 1.84. The first-order chi connectivity index (χ1) is 5.49. The molecule has 3 nitrogen and oxygen atoms in total. The molecule has 0 radical (unpaired) electrons. The summed E-state index contributed by atoms with van der Waals surface area (Å²) in [6.07, 6.45) is 0. The zero-order valence-corrected chi connectivity index (χ0v) is 7.77. The molecule has 0 amide bonds. The van der Waals surface area contributed by atoms with Crippen molar-refractivity contribution in [2.24, 2.45) is 0 Å². The molecule has 0 spiro atoms. The maximum Gasteiger partial charge on any atom is 0.236 e. The van der Waals surface area contributed by atoms with Crippen molar-refractivity contribution in [1.82, 2.24) is 0 Å². The Hall–Kier alpha value is -0.740. The molecule has 1 aromatic rings. The van der Waals surface area contributed by atoms with Crippen molar-refractivity contribution in [3.05, 3.63) is 29.8 Å². The van der Waals surface area contributed by atoms with Crippen molar-refractivity contribution in [3.8, 4) is 0 Å². The average molecular weight is 206 g/mol. The molecular formula is C7H8ClNO2S. The highest BCUT2D eigenvalue weighted by molar-refractivity contribution is 8.13. The Morgan fingerprint density at radius 3 is 2.42 bits per heavy atom. The second-order valence-corrected chi connectivity index (χ2v) is 5.16. The molecular weight excluding hydrogens is 198 g/mol. The van der Waals surface area contributed by atoms with Crippen molar-refractivity contribution in [2.45, 2.75) is 5.75 Å². The van der Waals surface area contributed by atoms with Crippen LogP contribution in [0.25, 0.3) is 0 Å². The monoisotopic (exact) mass is 205 g/mol. The van der Waals surface area contributed by atoms with Gasteiger partial charge >= 0.3 is 0 Å². The summed E-state index contributed by atoms with van der Waals surface area (Å²) in [6.45, 7) is 0. The number of halogens is 1. The minimum absolute atomic E-state index is 0.221. The highest BCUT2D eigenvalue weighted by Gasteiger charge is 2.08. The Bertz CT molecular complexity index is 375. The predicted octanol–water partition coefficient (Wildman–Crippen LogP) is 1.34. The lowest BCUT2D eigenvalue weighted by molar-refractivity contribution is 0.609. The van der Waals surface area contributed by atoms with Gasteiger partial charge in [0.15, 0.2) is 0 Å². The van der Waals surface area contributed by atoms with Crippen molar-refractivity contribution in [1.29, 1.82) is 0 Å². The van der Waals surface area contributed by atoms with Crippen LogP contribution in [0, 0.1) is 0 Å². The lowest BCUT2D eigenvalue weighted by Gasteiger charge is -2.00. The summed E-state index contributed by atoms with van der Waals surface area (Å²) in [6, 6.07) is 6.72. The number of rotatable bonds is 2. The molecule has 2 N–H and O–H groups in total. The van der Waals surface area contributed by atoms with Crippen molar-refractivity contribution >= 4 is 25.4 Å². The van der Waals surface area contributed by atoms with Gasteiger partial charge in [0, 0.05) is 16.4 Å². The fourth-order valence-electron chi connectivity index (χ4n) is 0.851. The highest BCUT2D eigenvalue weighted by Crippen LogP contribution is 2.15. The average Bonchev–Trinajstić information content (AvgIpc) is 1.91. The second kappa shape index (κ2) is 3.33. The van der Waals surface area contributed by atoms with Gasteiger partial charge in [-0.05, 0) is 11.6 Å². The molecule has 0 unspecified atom stereocenters. The van der Waals surface area contributed by atoms with Crippen LogP contribution in [-0.4, -0.2) is 8.42 Å². The number of anilines is 1. The molecule has 1 aromatic carbocycles. The summed E-state index contributed by atoms with van der Waals surface area (Å²) >= 11 is 0. The molecule has 0 heterocycles. The summed E-state index contributed by atoms with van der Waals surface area (Å²) < 4.78 is 21.3. The van der Waals surface area contributed by atoms with E-state index in [1.54, 1.807) is 24.3 Å². The minimum atomic E-state index is -3.51. The van der Waals surface area contributed by atoms with Gasteiger partial charge in [0.1, 0.15) is 0 Å². The minimum Gasteiger partial charge on any atom is -0.398 e. The fraction of sp³-hybridized carbons (Fsp3) is 0.143. The van der Waals surface area contributed by atoms with E-state index in [2.05, 4.69) is 0 Å². The molecule has 0 saturated carbocycles. The van der Waals surface area contributed by atoms with Gasteiger partial charge < -0.3 is 5.73 Å². The van der Waals surface area contributed by atoms with Crippen LogP contribution in [-0.2, 0) is 14.8 Å². The van der Waals surface area contributed by atoms with Crippen LogP contribution in [0.2, 0.25) is 0 Å². The van der Waals surface area contributed by atoms with E-state index in [1.807, 2.05) is 0 Å². The number of nitrogen functional groups attached to an aromatic ring is 1. The first kappa shape index (κ1) is 9.35. The molecule has 0 fully saturated rings. The van der Waals surface area contributed by atoms with Crippen LogP contribution in [0.4, 0.5) is 5.69 Å². The van der Waals surface area contributed by atoms with E-state index in [9.17, 15) is 8.42 Å². The van der Waals surface area contributed by atoms with E-state index < -0.39 is 9.05 Å². The standard InChI is InChI=1S/C7H8ClNO2S/c8-12(10,11)5-6-3-1-2-4-7(6)9/h1-4H,5,9H2. The molecule has 66 valence electrons. The summed E-state index contributed by atoms with van der Waals surface area (Å²) in [4.78, 5) is 0. The Labute approximate surface area is 75.6 Å². The van der Waals surface area contributed by atoms with Crippen LogP contribution in [0.5, 0.6) is 0 Å².